The largest absolute Gasteiger partial charge is 0.416 e. The Labute approximate surface area is 176 Å². The maximum absolute atomic E-state index is 12.5. The van der Waals surface area contributed by atoms with Crippen LogP contribution < -0.4 is 10.6 Å². The Hall–Kier alpha value is -1.04. The quantitative estimate of drug-likeness (QED) is 0.343. The van der Waals surface area contributed by atoms with Crippen molar-refractivity contribution >= 4 is 39.8 Å². The molecule has 0 bridgehead atoms. The first kappa shape index (κ1) is 26.0. The van der Waals surface area contributed by atoms with Gasteiger partial charge in [0.15, 0.2) is 15.8 Å². The molecule has 0 saturated heterocycles. The summed E-state index contributed by atoms with van der Waals surface area (Å²) < 4.78 is 60.8. The zero-order chi connectivity index (χ0) is 20.0. The lowest BCUT2D eigenvalue weighted by Crippen LogP contribution is -2.42. The van der Waals surface area contributed by atoms with Crippen molar-refractivity contribution in [2.45, 2.75) is 38.1 Å². The number of alkyl halides is 3. The van der Waals surface area contributed by atoms with Crippen LogP contribution in [0.5, 0.6) is 0 Å². The second-order valence-electron chi connectivity index (χ2n) is 6.80. The number of hydrogen-bond donors (Lipinski definition) is 2. The zero-order valence-corrected chi connectivity index (χ0v) is 19.0. The molecule has 0 aliphatic heterocycles. The van der Waals surface area contributed by atoms with Crippen LogP contribution in [0.3, 0.4) is 0 Å². The topological polar surface area (TPSA) is 70.6 Å². The number of halogens is 4. The van der Waals surface area contributed by atoms with Gasteiger partial charge in [-0.05, 0) is 44.9 Å². The Morgan fingerprint density at radius 1 is 1.04 bits per heavy atom. The van der Waals surface area contributed by atoms with Gasteiger partial charge in [-0.15, -0.1) is 24.0 Å². The van der Waals surface area contributed by atoms with E-state index in [-0.39, 0.29) is 36.3 Å². The minimum absolute atomic E-state index is 0. The van der Waals surface area contributed by atoms with Crippen molar-refractivity contribution in [3.63, 3.8) is 0 Å². The average molecular weight is 521 g/mol. The number of guanidine groups is 1. The number of sulfone groups is 1. The second kappa shape index (κ2) is 10.5. The number of aliphatic imine (C=N–C) groups is 1. The van der Waals surface area contributed by atoms with Crippen molar-refractivity contribution in [3.05, 3.63) is 35.4 Å². The molecular weight excluding hydrogens is 494 g/mol. The molecule has 2 N–H and O–H groups in total. The molecule has 1 aromatic rings. The molecule has 1 aromatic carbocycles. The lowest BCUT2D eigenvalue weighted by atomic mass is 10.1. The first-order chi connectivity index (χ1) is 11.9. The summed E-state index contributed by atoms with van der Waals surface area (Å²) in [6.07, 6.45) is -3.82. The molecule has 5 nitrogen and oxygen atoms in total. The van der Waals surface area contributed by atoms with Gasteiger partial charge in [0.2, 0.25) is 0 Å². The van der Waals surface area contributed by atoms with Crippen molar-refractivity contribution in [2.24, 2.45) is 4.99 Å². The van der Waals surface area contributed by atoms with E-state index in [1.807, 2.05) is 0 Å². The molecule has 0 amide bonds. The van der Waals surface area contributed by atoms with Crippen LogP contribution in [0.15, 0.2) is 29.3 Å². The third-order valence-electron chi connectivity index (χ3n) is 3.81. The van der Waals surface area contributed by atoms with E-state index >= 15 is 0 Å². The molecule has 10 heteroatoms. The summed E-state index contributed by atoms with van der Waals surface area (Å²) in [5.41, 5.74) is 0.0861. The van der Waals surface area contributed by atoms with Crippen LogP contribution in [0.1, 0.15) is 31.9 Å². The fourth-order valence-corrected chi connectivity index (χ4v) is 3.00. The van der Waals surface area contributed by atoms with Crippen LogP contribution in [-0.2, 0) is 22.4 Å². The van der Waals surface area contributed by atoms with Crippen molar-refractivity contribution in [1.29, 1.82) is 0 Å². The van der Waals surface area contributed by atoms with Gasteiger partial charge in [-0.3, -0.25) is 4.99 Å². The molecule has 156 valence electrons. The predicted molar refractivity (Wildman–Crippen MR) is 113 cm³/mol. The van der Waals surface area contributed by atoms with Gasteiger partial charge < -0.3 is 10.6 Å². The zero-order valence-electron chi connectivity index (χ0n) is 15.9. The third kappa shape index (κ3) is 8.67. The Kier molecular flexibility index (Phi) is 10.1. The summed E-state index contributed by atoms with van der Waals surface area (Å²) in [5.74, 6) is 0.428. The summed E-state index contributed by atoms with van der Waals surface area (Å²) in [4.78, 5) is 4.00. The molecule has 0 fully saturated rings. The molecule has 0 unspecified atom stereocenters. The minimum atomic E-state index is -4.34. The Morgan fingerprint density at radius 2 is 1.56 bits per heavy atom. The molecule has 0 heterocycles. The summed E-state index contributed by atoms with van der Waals surface area (Å²) in [7, 11) is -1.66. The Morgan fingerprint density at radius 3 is 2.00 bits per heavy atom. The number of rotatable bonds is 6. The predicted octanol–water partition coefficient (Wildman–Crippen LogP) is 3.24. The highest BCUT2D eigenvalue weighted by molar-refractivity contribution is 14.0. The molecular formula is C17H27F3IN3O2S. The fraction of sp³-hybridized carbons (Fsp3) is 0.588. The van der Waals surface area contributed by atoms with Gasteiger partial charge in [-0.1, -0.05) is 12.1 Å². The molecule has 0 aliphatic carbocycles. The van der Waals surface area contributed by atoms with Crippen LogP contribution in [0.25, 0.3) is 0 Å². The maximum Gasteiger partial charge on any atom is 0.416 e. The van der Waals surface area contributed by atoms with E-state index in [4.69, 9.17) is 0 Å². The average Bonchev–Trinajstić information content (AvgIpc) is 2.51. The monoisotopic (exact) mass is 521 g/mol. The van der Waals surface area contributed by atoms with Crippen LogP contribution in [0, 0.1) is 0 Å². The summed E-state index contributed by atoms with van der Waals surface area (Å²) in [5, 5.41) is 5.93. The van der Waals surface area contributed by atoms with E-state index in [1.54, 1.807) is 27.8 Å². The molecule has 0 radical (unpaired) electrons. The maximum atomic E-state index is 12.5. The van der Waals surface area contributed by atoms with Gasteiger partial charge in [0.25, 0.3) is 0 Å². The van der Waals surface area contributed by atoms with E-state index in [2.05, 4.69) is 15.6 Å². The lowest BCUT2D eigenvalue weighted by molar-refractivity contribution is -0.137. The number of hydrogen-bond acceptors (Lipinski definition) is 3. The van der Waals surface area contributed by atoms with Crippen LogP contribution in [0.4, 0.5) is 13.2 Å². The highest BCUT2D eigenvalue weighted by Crippen LogP contribution is 2.29. The summed E-state index contributed by atoms with van der Waals surface area (Å²) in [6.45, 7) is 5.63. The molecule has 1 rings (SSSR count). The Balaban J connectivity index is 0.00000676. The number of nitrogens with zero attached hydrogens (tertiary/aromatic N) is 1. The van der Waals surface area contributed by atoms with Crippen molar-refractivity contribution in [2.75, 3.05) is 25.9 Å². The molecule has 0 saturated carbocycles. The first-order valence-corrected chi connectivity index (χ1v) is 9.85. The van der Waals surface area contributed by atoms with E-state index < -0.39 is 26.3 Å². The van der Waals surface area contributed by atoms with Crippen molar-refractivity contribution < 1.29 is 21.6 Å². The van der Waals surface area contributed by atoms with Gasteiger partial charge in [-0.2, -0.15) is 13.2 Å². The van der Waals surface area contributed by atoms with E-state index in [0.29, 0.717) is 18.9 Å². The third-order valence-corrected chi connectivity index (χ3v) is 6.41. The SMILES string of the molecule is CN=C(NCCc1ccc(C(F)(F)F)cc1)NCCS(=O)(=O)C(C)(C)C.I. The normalized spacial score (nSPS) is 13.1. The van der Waals surface area contributed by atoms with Crippen molar-refractivity contribution in [1.82, 2.24) is 10.6 Å². The number of nitrogens with one attached hydrogen (secondary N) is 2. The summed E-state index contributed by atoms with van der Waals surface area (Å²) >= 11 is 0. The van der Waals surface area contributed by atoms with Crippen LogP contribution in [0.2, 0.25) is 0 Å². The van der Waals surface area contributed by atoms with Gasteiger partial charge in [0.05, 0.1) is 16.1 Å². The minimum Gasteiger partial charge on any atom is -0.356 e. The molecule has 0 atom stereocenters. The smallest absolute Gasteiger partial charge is 0.356 e. The van der Waals surface area contributed by atoms with Gasteiger partial charge in [-0.25, -0.2) is 8.42 Å². The second-order valence-corrected chi connectivity index (χ2v) is 9.66. The van der Waals surface area contributed by atoms with Gasteiger partial charge in [0, 0.05) is 20.1 Å². The fourth-order valence-electron chi connectivity index (χ4n) is 2.02. The highest BCUT2D eigenvalue weighted by atomic mass is 127. The first-order valence-electron chi connectivity index (χ1n) is 8.20. The van der Waals surface area contributed by atoms with E-state index in [0.717, 1.165) is 17.7 Å². The number of benzene rings is 1. The summed E-state index contributed by atoms with van der Waals surface area (Å²) in [6, 6.07) is 4.99. The van der Waals surface area contributed by atoms with Crippen molar-refractivity contribution in [3.8, 4) is 0 Å². The Bertz CT molecular complexity index is 712. The molecule has 27 heavy (non-hydrogen) atoms. The van der Waals surface area contributed by atoms with Crippen LogP contribution in [-0.4, -0.2) is 45.0 Å². The molecule has 0 aromatic heterocycles. The molecule has 0 spiro atoms. The van der Waals surface area contributed by atoms with E-state index in [9.17, 15) is 21.6 Å². The highest BCUT2D eigenvalue weighted by Gasteiger charge is 2.30. The van der Waals surface area contributed by atoms with E-state index in [1.165, 1.54) is 12.1 Å². The standard InChI is InChI=1S/C17H26F3N3O2S.HI/c1-16(2,3)26(24,25)12-11-23-15(21-4)22-10-9-13-5-7-14(8-6-13)17(18,19)20;/h5-8H,9-12H2,1-4H3,(H2,21,22,23);1H. The van der Waals surface area contributed by atoms with Gasteiger partial charge in [0.1, 0.15) is 0 Å². The van der Waals surface area contributed by atoms with Gasteiger partial charge >= 0.3 is 6.18 Å². The van der Waals surface area contributed by atoms with Crippen LogP contribution >= 0.6 is 24.0 Å². The lowest BCUT2D eigenvalue weighted by Gasteiger charge is -2.19. The molecule has 0 aliphatic rings.